The molecule has 0 amide bonds. The molecule has 1 rings (SSSR count). The van der Waals surface area contributed by atoms with Gasteiger partial charge in [0, 0.05) is 12.6 Å². The zero-order chi connectivity index (χ0) is 16.4. The minimum absolute atomic E-state index is 0.0518. The van der Waals surface area contributed by atoms with Crippen molar-refractivity contribution >= 4 is 10.0 Å². The molecular formula is C12H16F4N2O2S. The molecule has 0 heterocycles. The maximum Gasteiger partial charge on any atom is 0.402 e. The number of nitrogens with zero attached hydrogens (tertiary/aromatic N) is 1. The minimum atomic E-state index is -4.72. The number of hydrogen-bond donors (Lipinski definition) is 1. The molecule has 0 aliphatic heterocycles. The lowest BCUT2D eigenvalue weighted by Crippen LogP contribution is -2.43. The Bertz CT molecular complexity index is 600. The number of halogens is 4. The molecule has 1 aromatic rings. The maximum absolute atomic E-state index is 13.7. The van der Waals surface area contributed by atoms with Gasteiger partial charge in [0.25, 0.3) is 0 Å². The highest BCUT2D eigenvalue weighted by Crippen LogP contribution is 2.26. The molecule has 0 bridgehead atoms. The van der Waals surface area contributed by atoms with Crippen LogP contribution in [0.2, 0.25) is 0 Å². The molecule has 0 saturated heterocycles. The van der Waals surface area contributed by atoms with E-state index in [-0.39, 0.29) is 10.8 Å². The van der Waals surface area contributed by atoms with E-state index in [4.69, 9.17) is 5.73 Å². The third-order valence-electron chi connectivity index (χ3n) is 2.73. The van der Waals surface area contributed by atoms with Gasteiger partial charge in [-0.3, -0.25) is 0 Å². The fourth-order valence-electron chi connectivity index (χ4n) is 1.72. The number of benzene rings is 1. The van der Waals surface area contributed by atoms with Crippen LogP contribution in [-0.4, -0.2) is 31.5 Å². The van der Waals surface area contributed by atoms with Gasteiger partial charge in [0.2, 0.25) is 10.0 Å². The van der Waals surface area contributed by atoms with Crippen molar-refractivity contribution in [3.05, 3.63) is 29.6 Å². The first-order valence-corrected chi connectivity index (χ1v) is 7.50. The summed E-state index contributed by atoms with van der Waals surface area (Å²) in [5, 5.41) is 0. The highest BCUT2D eigenvalue weighted by Gasteiger charge is 2.39. The van der Waals surface area contributed by atoms with E-state index in [9.17, 15) is 26.0 Å². The number of hydrogen-bond acceptors (Lipinski definition) is 3. The topological polar surface area (TPSA) is 63.4 Å². The van der Waals surface area contributed by atoms with Gasteiger partial charge in [-0.25, -0.2) is 12.8 Å². The fraction of sp³-hybridized carbons (Fsp3) is 0.500. The first-order chi connectivity index (χ1) is 9.49. The normalized spacial score (nSPS) is 13.2. The fourth-order valence-corrected chi connectivity index (χ4v) is 3.46. The van der Waals surface area contributed by atoms with Gasteiger partial charge in [-0.2, -0.15) is 17.5 Å². The van der Waals surface area contributed by atoms with Gasteiger partial charge < -0.3 is 5.73 Å². The van der Waals surface area contributed by atoms with E-state index in [1.807, 2.05) is 0 Å². The van der Waals surface area contributed by atoms with Gasteiger partial charge in [-0.05, 0) is 31.5 Å². The molecule has 0 aliphatic carbocycles. The van der Waals surface area contributed by atoms with E-state index in [1.165, 1.54) is 19.9 Å². The molecule has 120 valence electrons. The summed E-state index contributed by atoms with van der Waals surface area (Å²) in [6.45, 7) is 0.838. The SMILES string of the molecule is CC(C)N(CC(F)(F)F)S(=O)(=O)c1cc(CN)ccc1F. The van der Waals surface area contributed by atoms with Crippen molar-refractivity contribution < 1.29 is 26.0 Å². The molecule has 21 heavy (non-hydrogen) atoms. The molecule has 2 N–H and O–H groups in total. The standard InChI is InChI=1S/C12H16F4N2O2S/c1-8(2)18(7-12(14,15)16)21(19,20)11-5-9(6-17)3-4-10(11)13/h3-5,8H,6-7,17H2,1-2H3. The predicted octanol–water partition coefficient (Wildman–Crippen LogP) is 2.25. The van der Waals surface area contributed by atoms with Crippen LogP contribution in [0.1, 0.15) is 19.4 Å². The number of alkyl halides is 3. The van der Waals surface area contributed by atoms with Crippen molar-refractivity contribution in [2.45, 2.75) is 37.5 Å². The summed E-state index contributed by atoms with van der Waals surface area (Å²) in [6.07, 6.45) is -4.72. The van der Waals surface area contributed by atoms with E-state index in [1.54, 1.807) is 0 Å². The Hall–Kier alpha value is -1.19. The van der Waals surface area contributed by atoms with Crippen LogP contribution in [0.3, 0.4) is 0 Å². The zero-order valence-electron chi connectivity index (χ0n) is 11.5. The number of nitrogens with two attached hydrogens (primary N) is 1. The number of rotatable bonds is 5. The molecule has 1 aromatic carbocycles. The van der Waals surface area contributed by atoms with Crippen molar-refractivity contribution in [2.75, 3.05) is 6.54 Å². The lowest BCUT2D eigenvalue weighted by Gasteiger charge is -2.27. The molecule has 0 aromatic heterocycles. The molecule has 4 nitrogen and oxygen atoms in total. The molecule has 0 atom stereocenters. The van der Waals surface area contributed by atoms with Gasteiger partial charge in [0.05, 0.1) is 0 Å². The van der Waals surface area contributed by atoms with Crippen molar-refractivity contribution in [1.82, 2.24) is 4.31 Å². The van der Waals surface area contributed by atoms with Gasteiger partial charge in [-0.1, -0.05) is 6.07 Å². The minimum Gasteiger partial charge on any atom is -0.326 e. The Balaban J connectivity index is 3.36. The average molecular weight is 328 g/mol. The van der Waals surface area contributed by atoms with Crippen LogP contribution in [-0.2, 0) is 16.6 Å². The van der Waals surface area contributed by atoms with E-state index in [0.29, 0.717) is 5.56 Å². The van der Waals surface area contributed by atoms with Gasteiger partial charge in [0.1, 0.15) is 17.3 Å². The van der Waals surface area contributed by atoms with Gasteiger partial charge in [-0.15, -0.1) is 0 Å². The molecule has 0 aliphatic rings. The number of sulfonamides is 1. The second-order valence-electron chi connectivity index (χ2n) is 4.73. The molecule has 0 fully saturated rings. The summed E-state index contributed by atoms with van der Waals surface area (Å²) in [5.74, 6) is -1.11. The predicted molar refractivity (Wildman–Crippen MR) is 69.4 cm³/mol. The van der Waals surface area contributed by atoms with Crippen LogP contribution in [0.5, 0.6) is 0 Å². The van der Waals surface area contributed by atoms with Crippen LogP contribution in [0.15, 0.2) is 23.1 Å². The Labute approximate surface area is 120 Å². The second-order valence-corrected chi connectivity index (χ2v) is 6.59. The Morgan fingerprint density at radius 1 is 1.29 bits per heavy atom. The Morgan fingerprint density at radius 3 is 2.29 bits per heavy atom. The van der Waals surface area contributed by atoms with Crippen molar-refractivity contribution in [3.63, 3.8) is 0 Å². The van der Waals surface area contributed by atoms with E-state index >= 15 is 0 Å². The molecule has 0 unspecified atom stereocenters. The van der Waals surface area contributed by atoms with E-state index in [2.05, 4.69) is 0 Å². The largest absolute Gasteiger partial charge is 0.402 e. The summed E-state index contributed by atoms with van der Waals surface area (Å²) < 4.78 is 76.1. The monoisotopic (exact) mass is 328 g/mol. The smallest absolute Gasteiger partial charge is 0.326 e. The van der Waals surface area contributed by atoms with Crippen LogP contribution >= 0.6 is 0 Å². The third-order valence-corrected chi connectivity index (χ3v) is 4.77. The van der Waals surface area contributed by atoms with Crippen LogP contribution < -0.4 is 5.73 Å². The third kappa shape index (κ3) is 4.39. The second kappa shape index (κ2) is 6.29. The molecule has 0 radical (unpaired) electrons. The molecule has 9 heteroatoms. The van der Waals surface area contributed by atoms with Crippen molar-refractivity contribution in [2.24, 2.45) is 5.73 Å². The molecular weight excluding hydrogens is 312 g/mol. The summed E-state index contributed by atoms with van der Waals surface area (Å²) in [5.41, 5.74) is 5.65. The van der Waals surface area contributed by atoms with Gasteiger partial charge in [0.15, 0.2) is 0 Å². The van der Waals surface area contributed by atoms with Crippen molar-refractivity contribution in [1.29, 1.82) is 0 Å². The molecule has 0 spiro atoms. The zero-order valence-corrected chi connectivity index (χ0v) is 12.3. The Morgan fingerprint density at radius 2 is 1.86 bits per heavy atom. The van der Waals surface area contributed by atoms with E-state index < -0.39 is 39.5 Å². The summed E-state index contributed by atoms with van der Waals surface area (Å²) in [6, 6.07) is 2.13. The lowest BCUT2D eigenvalue weighted by atomic mass is 10.2. The quantitative estimate of drug-likeness (QED) is 0.843. The van der Waals surface area contributed by atoms with E-state index in [0.717, 1.165) is 12.1 Å². The first kappa shape index (κ1) is 17.9. The van der Waals surface area contributed by atoms with Crippen LogP contribution in [0, 0.1) is 5.82 Å². The first-order valence-electron chi connectivity index (χ1n) is 6.06. The van der Waals surface area contributed by atoms with Crippen molar-refractivity contribution in [3.8, 4) is 0 Å². The van der Waals surface area contributed by atoms with Gasteiger partial charge >= 0.3 is 6.18 Å². The summed E-state index contributed by atoms with van der Waals surface area (Å²) >= 11 is 0. The highest BCUT2D eigenvalue weighted by atomic mass is 32.2. The summed E-state index contributed by atoms with van der Waals surface area (Å²) in [4.78, 5) is -0.802. The maximum atomic E-state index is 13.7. The summed E-state index contributed by atoms with van der Waals surface area (Å²) in [7, 11) is -4.61. The molecule has 0 saturated carbocycles. The highest BCUT2D eigenvalue weighted by molar-refractivity contribution is 7.89. The van der Waals surface area contributed by atoms with Crippen LogP contribution in [0.4, 0.5) is 17.6 Å². The Kier molecular flexibility index (Phi) is 5.35. The van der Waals surface area contributed by atoms with Crippen LogP contribution in [0.25, 0.3) is 0 Å². The average Bonchev–Trinajstić information content (AvgIpc) is 2.35. The lowest BCUT2D eigenvalue weighted by molar-refractivity contribution is -0.138.